The molecule has 2 aromatic heterocycles. The number of benzene rings is 1. The molecule has 3 heterocycles. The van der Waals surface area contributed by atoms with E-state index in [9.17, 15) is 8.42 Å². The molecule has 3 aromatic rings. The Kier molecular flexibility index (Phi) is 5.17. The van der Waals surface area contributed by atoms with Crippen molar-refractivity contribution in [1.29, 1.82) is 0 Å². The number of nitrogens with one attached hydrogen (secondary N) is 1. The lowest BCUT2D eigenvalue weighted by Crippen LogP contribution is -2.08. The average Bonchev–Trinajstić information content (AvgIpc) is 3.36. The monoisotopic (exact) mass is 428 g/mol. The van der Waals surface area contributed by atoms with E-state index in [1.54, 1.807) is 13.2 Å². The van der Waals surface area contributed by atoms with Gasteiger partial charge in [-0.05, 0) is 31.2 Å². The number of hydrogen-bond acceptors (Lipinski definition) is 8. The van der Waals surface area contributed by atoms with Crippen molar-refractivity contribution in [3.63, 3.8) is 0 Å². The van der Waals surface area contributed by atoms with Gasteiger partial charge in [-0.15, -0.1) is 0 Å². The highest BCUT2D eigenvalue weighted by atomic mass is 32.2. The highest BCUT2D eigenvalue weighted by molar-refractivity contribution is 7.90. The van der Waals surface area contributed by atoms with Gasteiger partial charge in [0.1, 0.15) is 23.3 Å². The fourth-order valence-electron chi connectivity index (χ4n) is 2.89. The first-order chi connectivity index (χ1) is 14.3. The second-order valence-electron chi connectivity index (χ2n) is 6.82. The molecule has 0 bridgehead atoms. The number of aromatic amines is 1. The highest BCUT2D eigenvalue weighted by Gasteiger charge is 2.19. The van der Waals surface area contributed by atoms with Gasteiger partial charge >= 0.3 is 0 Å². The number of rotatable bonds is 6. The number of methoxy groups -OCH3 is 1. The van der Waals surface area contributed by atoms with Crippen molar-refractivity contribution in [2.75, 3.05) is 19.9 Å². The molecule has 0 aliphatic carbocycles. The SMILES string of the molecule is COc1cc(Oc2cnc(S(C)(=O)=O)cn2)cc(-c2ccc(C3=NC[C@H](C)O3)[nH]2)c1. The third-order valence-electron chi connectivity index (χ3n) is 4.35. The van der Waals surface area contributed by atoms with Gasteiger partial charge in [0.05, 0.1) is 26.0 Å². The lowest BCUT2D eigenvalue weighted by Gasteiger charge is -2.10. The van der Waals surface area contributed by atoms with E-state index in [4.69, 9.17) is 14.2 Å². The van der Waals surface area contributed by atoms with Crippen LogP contribution in [0.25, 0.3) is 11.3 Å². The molecule has 0 fully saturated rings. The van der Waals surface area contributed by atoms with Crippen molar-refractivity contribution >= 4 is 15.7 Å². The molecule has 4 rings (SSSR count). The van der Waals surface area contributed by atoms with Crippen LogP contribution < -0.4 is 9.47 Å². The summed E-state index contributed by atoms with van der Waals surface area (Å²) in [6, 6.07) is 9.20. The largest absolute Gasteiger partial charge is 0.497 e. The van der Waals surface area contributed by atoms with Crippen LogP contribution in [0.3, 0.4) is 0 Å². The smallest absolute Gasteiger partial charge is 0.237 e. The number of sulfone groups is 1. The average molecular weight is 428 g/mol. The van der Waals surface area contributed by atoms with E-state index in [1.165, 1.54) is 6.20 Å². The molecule has 0 spiro atoms. The van der Waals surface area contributed by atoms with Crippen LogP contribution in [0.2, 0.25) is 0 Å². The van der Waals surface area contributed by atoms with Crippen molar-refractivity contribution in [2.24, 2.45) is 4.99 Å². The second kappa shape index (κ2) is 7.79. The van der Waals surface area contributed by atoms with Gasteiger partial charge in [-0.25, -0.2) is 23.4 Å². The summed E-state index contributed by atoms with van der Waals surface area (Å²) < 4.78 is 39.9. The summed E-state index contributed by atoms with van der Waals surface area (Å²) >= 11 is 0. The van der Waals surface area contributed by atoms with E-state index >= 15 is 0 Å². The molecule has 0 radical (unpaired) electrons. The van der Waals surface area contributed by atoms with E-state index in [0.717, 1.165) is 29.4 Å². The number of H-pyrrole nitrogens is 1. The molecule has 1 atom stereocenters. The molecule has 1 aromatic carbocycles. The first kappa shape index (κ1) is 19.9. The van der Waals surface area contributed by atoms with Crippen LogP contribution >= 0.6 is 0 Å². The van der Waals surface area contributed by atoms with Crippen LogP contribution in [-0.2, 0) is 14.6 Å². The highest BCUT2D eigenvalue weighted by Crippen LogP contribution is 2.32. The molecule has 1 N–H and O–H groups in total. The number of hydrogen-bond donors (Lipinski definition) is 1. The van der Waals surface area contributed by atoms with E-state index in [2.05, 4.69) is 19.9 Å². The lowest BCUT2D eigenvalue weighted by atomic mass is 10.1. The van der Waals surface area contributed by atoms with E-state index in [1.807, 2.05) is 31.2 Å². The third-order valence-corrected chi connectivity index (χ3v) is 5.33. The van der Waals surface area contributed by atoms with Crippen LogP contribution in [0, 0.1) is 0 Å². The minimum Gasteiger partial charge on any atom is -0.497 e. The molecular weight excluding hydrogens is 408 g/mol. The topological polar surface area (TPSA) is 116 Å². The van der Waals surface area contributed by atoms with Gasteiger partial charge in [-0.2, -0.15) is 0 Å². The molecule has 9 nitrogen and oxygen atoms in total. The summed E-state index contributed by atoms with van der Waals surface area (Å²) in [6.45, 7) is 2.61. The molecule has 30 heavy (non-hydrogen) atoms. The molecule has 1 aliphatic rings. The molecular formula is C20H20N4O5S. The Morgan fingerprint density at radius 2 is 1.87 bits per heavy atom. The normalized spacial score (nSPS) is 16.1. The maximum Gasteiger partial charge on any atom is 0.237 e. The summed E-state index contributed by atoms with van der Waals surface area (Å²) in [7, 11) is -1.87. The molecule has 0 saturated heterocycles. The summed E-state index contributed by atoms with van der Waals surface area (Å²) in [5.41, 5.74) is 2.45. The fraction of sp³-hybridized carbons (Fsp3) is 0.250. The molecule has 0 saturated carbocycles. The summed E-state index contributed by atoms with van der Waals surface area (Å²) in [5.74, 6) is 1.80. The van der Waals surface area contributed by atoms with Crippen LogP contribution in [-0.4, -0.2) is 55.3 Å². The van der Waals surface area contributed by atoms with Crippen molar-refractivity contribution in [3.05, 3.63) is 48.4 Å². The quantitative estimate of drug-likeness (QED) is 0.642. The van der Waals surface area contributed by atoms with Crippen LogP contribution in [0.1, 0.15) is 12.6 Å². The Hall–Kier alpha value is -3.40. The summed E-state index contributed by atoms with van der Waals surface area (Å²) in [5, 5.41) is -0.119. The Morgan fingerprint density at radius 1 is 1.10 bits per heavy atom. The molecule has 0 amide bonds. The maximum absolute atomic E-state index is 11.5. The number of aliphatic imine (C=N–C) groups is 1. The maximum atomic E-state index is 11.5. The van der Waals surface area contributed by atoms with Gasteiger partial charge in [-0.3, -0.25) is 0 Å². The molecule has 10 heteroatoms. The Balaban J connectivity index is 1.60. The van der Waals surface area contributed by atoms with E-state index < -0.39 is 9.84 Å². The molecule has 1 aliphatic heterocycles. The first-order valence-corrected chi connectivity index (χ1v) is 11.0. The molecule has 0 unspecified atom stereocenters. The van der Waals surface area contributed by atoms with Crippen LogP contribution in [0.15, 0.2) is 52.7 Å². The fourth-order valence-corrected chi connectivity index (χ4v) is 3.38. The number of ether oxygens (including phenoxy) is 3. The predicted molar refractivity (Wildman–Crippen MR) is 110 cm³/mol. The van der Waals surface area contributed by atoms with Gasteiger partial charge in [0.15, 0.2) is 14.9 Å². The second-order valence-corrected chi connectivity index (χ2v) is 8.79. The van der Waals surface area contributed by atoms with Gasteiger partial charge in [-0.1, -0.05) is 0 Å². The summed E-state index contributed by atoms with van der Waals surface area (Å²) in [6.07, 6.45) is 3.56. The number of nitrogens with zero attached hydrogens (tertiary/aromatic N) is 3. The standard InChI is InChI=1S/C20H20N4O5S/c1-12-9-23-20(28-12)17-5-4-16(24-17)13-6-14(27-2)8-15(7-13)29-18-10-22-19(11-21-18)30(3,25)26/h4-8,10-12,24H,9H2,1-3H3/t12-/m0/s1. The number of aromatic nitrogens is 3. The zero-order chi connectivity index (χ0) is 21.3. The zero-order valence-corrected chi connectivity index (χ0v) is 17.4. The van der Waals surface area contributed by atoms with Gasteiger partial charge < -0.3 is 19.2 Å². The van der Waals surface area contributed by atoms with Crippen molar-refractivity contribution < 1.29 is 22.6 Å². The van der Waals surface area contributed by atoms with E-state index in [-0.39, 0.29) is 17.0 Å². The lowest BCUT2D eigenvalue weighted by molar-refractivity contribution is 0.246. The first-order valence-electron chi connectivity index (χ1n) is 9.12. The van der Waals surface area contributed by atoms with Gasteiger partial charge in [0.2, 0.25) is 11.8 Å². The molecule has 156 valence electrons. The Labute approximate surface area is 173 Å². The Morgan fingerprint density at radius 3 is 2.50 bits per heavy atom. The van der Waals surface area contributed by atoms with Crippen molar-refractivity contribution in [1.82, 2.24) is 15.0 Å². The zero-order valence-electron chi connectivity index (χ0n) is 16.6. The van der Waals surface area contributed by atoms with Crippen molar-refractivity contribution in [3.8, 4) is 28.6 Å². The van der Waals surface area contributed by atoms with E-state index in [0.29, 0.717) is 23.9 Å². The minimum absolute atomic E-state index is 0.0683. The van der Waals surface area contributed by atoms with Crippen LogP contribution in [0.5, 0.6) is 17.4 Å². The summed E-state index contributed by atoms with van der Waals surface area (Å²) in [4.78, 5) is 15.6. The van der Waals surface area contributed by atoms with Crippen LogP contribution in [0.4, 0.5) is 0 Å². The van der Waals surface area contributed by atoms with Crippen molar-refractivity contribution in [2.45, 2.75) is 18.1 Å². The Bertz CT molecular complexity index is 1200. The predicted octanol–water partition coefficient (Wildman–Crippen LogP) is 2.84. The van der Waals surface area contributed by atoms with Gasteiger partial charge in [0.25, 0.3) is 0 Å². The third kappa shape index (κ3) is 4.28. The minimum atomic E-state index is -3.43. The van der Waals surface area contributed by atoms with Gasteiger partial charge in [0, 0.05) is 23.6 Å².